The van der Waals surface area contributed by atoms with E-state index in [-0.39, 0.29) is 5.91 Å². The van der Waals surface area contributed by atoms with Gasteiger partial charge in [-0.1, -0.05) is 23.7 Å². The topological polar surface area (TPSA) is 49.6 Å². The van der Waals surface area contributed by atoms with Crippen molar-refractivity contribution in [3.8, 4) is 11.1 Å². The molecule has 3 rings (SSSR count). The number of amides is 1. The highest BCUT2D eigenvalue weighted by molar-refractivity contribution is 6.30. The number of hydrogen-bond acceptors (Lipinski definition) is 3. The van der Waals surface area contributed by atoms with Gasteiger partial charge in [0, 0.05) is 30.5 Å². The van der Waals surface area contributed by atoms with Crippen LogP contribution in [0, 0.1) is 0 Å². The molecule has 0 bridgehead atoms. The van der Waals surface area contributed by atoms with Crippen LogP contribution in [0.1, 0.15) is 10.5 Å². The van der Waals surface area contributed by atoms with Crippen LogP contribution in [0.4, 0.5) is 0 Å². The third-order valence-corrected chi connectivity index (χ3v) is 3.96. The third-order valence-electron chi connectivity index (χ3n) is 3.71. The number of pyridine rings is 1. The fraction of sp³-hybridized carbons (Fsp3) is 0.222. The molecule has 124 valence electrons. The average Bonchev–Trinajstić information content (AvgIpc) is 2.98. The van der Waals surface area contributed by atoms with E-state index in [1.807, 2.05) is 66.0 Å². The Hall–Kier alpha value is -2.37. The first-order chi connectivity index (χ1) is 11.5. The van der Waals surface area contributed by atoms with Crippen LogP contribution in [-0.2, 0) is 0 Å². The molecular formula is C18H19ClN4O. The quantitative estimate of drug-likeness (QED) is 0.775. The fourth-order valence-corrected chi connectivity index (χ4v) is 2.52. The van der Waals surface area contributed by atoms with Crippen molar-refractivity contribution in [2.75, 3.05) is 27.2 Å². The summed E-state index contributed by atoms with van der Waals surface area (Å²) in [6.07, 6.45) is 3.71. The summed E-state index contributed by atoms with van der Waals surface area (Å²) < 4.78 is 1.87. The first-order valence-corrected chi connectivity index (χ1v) is 8.08. The molecular weight excluding hydrogens is 324 g/mol. The van der Waals surface area contributed by atoms with Crippen molar-refractivity contribution in [3.63, 3.8) is 0 Å². The van der Waals surface area contributed by atoms with Crippen LogP contribution in [0.2, 0.25) is 5.02 Å². The van der Waals surface area contributed by atoms with Crippen molar-refractivity contribution in [1.29, 1.82) is 0 Å². The molecule has 1 aromatic carbocycles. The SMILES string of the molecule is CN(C)CCNC(=O)c1cn2cc(-c3ccc(Cl)cc3)ccc2n1. The number of nitrogens with one attached hydrogen (secondary N) is 1. The average molecular weight is 343 g/mol. The van der Waals surface area contributed by atoms with Crippen molar-refractivity contribution in [2.24, 2.45) is 0 Å². The number of hydrogen-bond donors (Lipinski definition) is 1. The van der Waals surface area contributed by atoms with E-state index in [1.165, 1.54) is 0 Å². The van der Waals surface area contributed by atoms with Gasteiger partial charge in [0.1, 0.15) is 11.3 Å². The van der Waals surface area contributed by atoms with Gasteiger partial charge in [0.2, 0.25) is 0 Å². The molecule has 0 radical (unpaired) electrons. The summed E-state index contributed by atoms with van der Waals surface area (Å²) in [5, 5.41) is 3.58. The summed E-state index contributed by atoms with van der Waals surface area (Å²) in [5.74, 6) is -0.159. The lowest BCUT2D eigenvalue weighted by Crippen LogP contribution is -2.31. The Labute approximate surface area is 145 Å². The minimum absolute atomic E-state index is 0.159. The Kier molecular flexibility index (Phi) is 4.83. The van der Waals surface area contributed by atoms with E-state index < -0.39 is 0 Å². The summed E-state index contributed by atoms with van der Waals surface area (Å²) in [6.45, 7) is 1.38. The van der Waals surface area contributed by atoms with Gasteiger partial charge in [-0.15, -0.1) is 0 Å². The van der Waals surface area contributed by atoms with E-state index >= 15 is 0 Å². The van der Waals surface area contributed by atoms with E-state index in [9.17, 15) is 4.79 Å². The zero-order valence-corrected chi connectivity index (χ0v) is 14.4. The number of imidazole rings is 1. The maximum absolute atomic E-state index is 12.2. The number of rotatable bonds is 5. The van der Waals surface area contributed by atoms with Gasteiger partial charge in [0.25, 0.3) is 5.91 Å². The second kappa shape index (κ2) is 7.03. The first kappa shape index (κ1) is 16.5. The minimum atomic E-state index is -0.159. The highest BCUT2D eigenvalue weighted by atomic mass is 35.5. The maximum atomic E-state index is 12.2. The second-order valence-corrected chi connectivity index (χ2v) is 6.31. The molecule has 0 fully saturated rings. The predicted octanol–water partition coefficient (Wildman–Crippen LogP) is 2.95. The van der Waals surface area contributed by atoms with Crippen LogP contribution >= 0.6 is 11.6 Å². The van der Waals surface area contributed by atoms with E-state index in [1.54, 1.807) is 6.20 Å². The van der Waals surface area contributed by atoms with Crippen LogP contribution in [0.15, 0.2) is 48.8 Å². The van der Waals surface area contributed by atoms with Gasteiger partial charge in [-0.25, -0.2) is 4.98 Å². The Morgan fingerprint density at radius 3 is 2.54 bits per heavy atom. The smallest absolute Gasteiger partial charge is 0.271 e. The van der Waals surface area contributed by atoms with Crippen molar-refractivity contribution >= 4 is 23.2 Å². The number of aromatic nitrogens is 2. The van der Waals surface area contributed by atoms with Crippen molar-refractivity contribution < 1.29 is 4.79 Å². The minimum Gasteiger partial charge on any atom is -0.349 e. The number of fused-ring (bicyclic) bond motifs is 1. The lowest BCUT2D eigenvalue weighted by atomic mass is 10.1. The molecule has 0 aliphatic rings. The Morgan fingerprint density at radius 1 is 1.12 bits per heavy atom. The first-order valence-electron chi connectivity index (χ1n) is 7.70. The van der Waals surface area contributed by atoms with Gasteiger partial charge >= 0.3 is 0 Å². The molecule has 5 nitrogen and oxygen atoms in total. The maximum Gasteiger partial charge on any atom is 0.271 e. The zero-order valence-electron chi connectivity index (χ0n) is 13.7. The van der Waals surface area contributed by atoms with Gasteiger partial charge in [-0.2, -0.15) is 0 Å². The highest BCUT2D eigenvalue weighted by Gasteiger charge is 2.11. The summed E-state index contributed by atoms with van der Waals surface area (Å²) >= 11 is 5.93. The molecule has 2 aromatic heterocycles. The van der Waals surface area contributed by atoms with Gasteiger partial charge in [0.15, 0.2) is 0 Å². The van der Waals surface area contributed by atoms with Gasteiger partial charge in [-0.3, -0.25) is 4.79 Å². The zero-order chi connectivity index (χ0) is 17.1. The molecule has 0 aliphatic heterocycles. The van der Waals surface area contributed by atoms with E-state index in [2.05, 4.69) is 10.3 Å². The molecule has 0 saturated heterocycles. The van der Waals surface area contributed by atoms with Crippen molar-refractivity contribution in [2.45, 2.75) is 0 Å². The summed E-state index contributed by atoms with van der Waals surface area (Å²) in [7, 11) is 3.94. The number of carbonyl (C=O) groups is 1. The molecule has 2 heterocycles. The molecule has 24 heavy (non-hydrogen) atoms. The van der Waals surface area contributed by atoms with Crippen LogP contribution in [0.5, 0.6) is 0 Å². The standard InChI is InChI=1S/C18H19ClN4O/c1-22(2)10-9-20-18(24)16-12-23-11-14(5-8-17(23)21-16)13-3-6-15(19)7-4-13/h3-8,11-12H,9-10H2,1-2H3,(H,20,24). The summed E-state index contributed by atoms with van der Waals surface area (Å²) in [4.78, 5) is 18.6. The molecule has 0 unspecified atom stereocenters. The number of benzene rings is 1. The van der Waals surface area contributed by atoms with Crippen LogP contribution in [0.25, 0.3) is 16.8 Å². The van der Waals surface area contributed by atoms with Crippen LogP contribution in [0.3, 0.4) is 0 Å². The molecule has 0 saturated carbocycles. The molecule has 1 N–H and O–H groups in total. The third kappa shape index (κ3) is 3.75. The largest absolute Gasteiger partial charge is 0.349 e. The molecule has 6 heteroatoms. The monoisotopic (exact) mass is 342 g/mol. The summed E-state index contributed by atoms with van der Waals surface area (Å²) in [6, 6.07) is 11.5. The number of carbonyl (C=O) groups excluding carboxylic acids is 1. The highest BCUT2D eigenvalue weighted by Crippen LogP contribution is 2.22. The summed E-state index contributed by atoms with van der Waals surface area (Å²) in [5.41, 5.74) is 3.26. The molecule has 0 spiro atoms. The second-order valence-electron chi connectivity index (χ2n) is 5.88. The predicted molar refractivity (Wildman–Crippen MR) is 96.5 cm³/mol. The van der Waals surface area contributed by atoms with E-state index in [4.69, 9.17) is 11.6 Å². The molecule has 0 atom stereocenters. The molecule has 1 amide bonds. The molecule has 0 aliphatic carbocycles. The Morgan fingerprint density at radius 2 is 1.83 bits per heavy atom. The Bertz CT molecular complexity index is 855. The van der Waals surface area contributed by atoms with E-state index in [0.717, 1.165) is 23.3 Å². The van der Waals surface area contributed by atoms with Crippen LogP contribution in [-0.4, -0.2) is 47.4 Å². The van der Waals surface area contributed by atoms with Gasteiger partial charge < -0.3 is 14.6 Å². The van der Waals surface area contributed by atoms with Crippen molar-refractivity contribution in [1.82, 2.24) is 19.6 Å². The number of halogens is 1. The van der Waals surface area contributed by atoms with Crippen LogP contribution < -0.4 is 5.32 Å². The Balaban J connectivity index is 1.81. The van der Waals surface area contributed by atoms with E-state index in [0.29, 0.717) is 17.3 Å². The number of nitrogens with zero attached hydrogens (tertiary/aromatic N) is 3. The fourth-order valence-electron chi connectivity index (χ4n) is 2.40. The van der Waals surface area contributed by atoms with Gasteiger partial charge in [0.05, 0.1) is 0 Å². The normalized spacial score (nSPS) is 11.2. The van der Waals surface area contributed by atoms with Gasteiger partial charge in [-0.05, 0) is 49.5 Å². The molecule has 3 aromatic rings. The number of likely N-dealkylation sites (N-methyl/N-ethyl adjacent to an activating group) is 1. The lowest BCUT2D eigenvalue weighted by molar-refractivity contribution is 0.0946. The van der Waals surface area contributed by atoms with Crippen molar-refractivity contribution in [3.05, 3.63) is 59.5 Å². The lowest BCUT2D eigenvalue weighted by Gasteiger charge is -2.09.